The van der Waals surface area contributed by atoms with Gasteiger partial charge in [-0.25, -0.2) is 18.1 Å². The lowest BCUT2D eigenvalue weighted by molar-refractivity contribution is -0.968. The monoisotopic (exact) mass is 756 g/mol. The molecule has 0 spiro atoms. The van der Waals surface area contributed by atoms with Gasteiger partial charge in [0.05, 0.1) is 44.5 Å². The van der Waals surface area contributed by atoms with Gasteiger partial charge in [-0.1, -0.05) is 71.1 Å². The summed E-state index contributed by atoms with van der Waals surface area (Å²) in [6.45, 7) is 2.92. The van der Waals surface area contributed by atoms with Crippen LogP contribution in [0.4, 0.5) is 8.78 Å². The van der Waals surface area contributed by atoms with E-state index < -0.39 is 11.6 Å². The van der Waals surface area contributed by atoms with E-state index >= 15 is 8.78 Å². The minimum atomic E-state index is -0.492. The van der Waals surface area contributed by atoms with Crippen molar-refractivity contribution in [2.45, 2.75) is 39.3 Å². The Hall–Kier alpha value is -6.60. The molecule has 3 heterocycles. The number of halogens is 2. The standard InChI is InChI=1S/C43H40F2N7O4/c1-53-42-19-32-17-18-52(25-33(32)20-43(42)54-2,26-34-23-50(48-46-34)36-13-15-40(38(44)21-36)55-28-30-9-5-3-6-10-30)27-35-24-51(49-47-35)37-14-16-41(39(45)22-37)56-29-31-11-7-4-8-12-31/h3-16,19-24H,17-18,25-29H2,1-2H3/q+1. The summed E-state index contributed by atoms with van der Waals surface area (Å²) in [5.74, 6) is 0.667. The van der Waals surface area contributed by atoms with Gasteiger partial charge >= 0.3 is 0 Å². The molecule has 1 aliphatic rings. The molecule has 8 rings (SSSR count). The van der Waals surface area contributed by atoms with Crippen LogP contribution in [0.2, 0.25) is 0 Å². The first-order valence-corrected chi connectivity index (χ1v) is 18.2. The van der Waals surface area contributed by atoms with Gasteiger partial charge in [-0.2, -0.15) is 0 Å². The topological polar surface area (TPSA) is 98.3 Å². The molecule has 0 saturated carbocycles. The predicted octanol–water partition coefficient (Wildman–Crippen LogP) is 7.57. The van der Waals surface area contributed by atoms with Crippen molar-refractivity contribution in [3.05, 3.63) is 167 Å². The second-order valence-electron chi connectivity index (χ2n) is 13.9. The normalized spacial score (nSPS) is 13.2. The Balaban J connectivity index is 1.03. The van der Waals surface area contributed by atoms with Crippen molar-refractivity contribution in [2.75, 3.05) is 20.8 Å². The highest BCUT2D eigenvalue weighted by Crippen LogP contribution is 2.37. The van der Waals surface area contributed by atoms with Gasteiger partial charge in [0.1, 0.15) is 44.2 Å². The smallest absolute Gasteiger partial charge is 0.167 e. The van der Waals surface area contributed by atoms with Gasteiger partial charge in [0.25, 0.3) is 0 Å². The summed E-state index contributed by atoms with van der Waals surface area (Å²) in [7, 11) is 3.26. The van der Waals surface area contributed by atoms with Gasteiger partial charge in [-0.3, -0.25) is 0 Å². The van der Waals surface area contributed by atoms with E-state index in [1.807, 2.05) is 85.2 Å². The van der Waals surface area contributed by atoms with Crippen molar-refractivity contribution in [2.24, 2.45) is 0 Å². The van der Waals surface area contributed by atoms with Crippen molar-refractivity contribution in [1.29, 1.82) is 0 Å². The molecule has 0 atom stereocenters. The molecular weight excluding hydrogens is 717 g/mol. The molecule has 0 aliphatic carbocycles. The molecule has 0 N–H and O–H groups in total. The van der Waals surface area contributed by atoms with Gasteiger partial charge in [0.2, 0.25) is 0 Å². The maximum absolute atomic E-state index is 15.2. The lowest BCUT2D eigenvalue weighted by Gasteiger charge is -2.41. The number of methoxy groups -OCH3 is 2. The van der Waals surface area contributed by atoms with Crippen LogP contribution >= 0.6 is 0 Å². The maximum atomic E-state index is 15.2. The SMILES string of the molecule is COc1cc2c(cc1OC)C[N+](Cc1cn(-c3ccc(OCc4ccccc4)c(F)c3)nn1)(Cc1cn(-c3ccc(OCc4ccccc4)c(F)c3)nn1)CC2. The Morgan fingerprint density at radius 3 is 1.54 bits per heavy atom. The number of hydrogen-bond acceptors (Lipinski definition) is 8. The summed E-state index contributed by atoms with van der Waals surface area (Å²) < 4.78 is 56.8. The zero-order valence-electron chi connectivity index (χ0n) is 31.0. The van der Waals surface area contributed by atoms with E-state index in [4.69, 9.17) is 18.9 Å². The molecule has 0 unspecified atom stereocenters. The van der Waals surface area contributed by atoms with Crippen LogP contribution in [0, 0.1) is 11.6 Å². The van der Waals surface area contributed by atoms with Crippen LogP contribution in [0.25, 0.3) is 11.4 Å². The second-order valence-corrected chi connectivity index (χ2v) is 13.9. The molecule has 0 saturated heterocycles. The largest absolute Gasteiger partial charge is 0.493 e. The number of rotatable bonds is 14. The van der Waals surface area contributed by atoms with Crippen LogP contribution in [-0.2, 0) is 39.3 Å². The van der Waals surface area contributed by atoms with E-state index in [0.29, 0.717) is 47.0 Å². The van der Waals surface area contributed by atoms with E-state index in [1.54, 1.807) is 47.8 Å². The van der Waals surface area contributed by atoms with Crippen LogP contribution in [0.5, 0.6) is 23.0 Å². The number of ether oxygens (including phenoxy) is 4. The molecule has 56 heavy (non-hydrogen) atoms. The zero-order valence-corrected chi connectivity index (χ0v) is 31.0. The summed E-state index contributed by atoms with van der Waals surface area (Å²) in [5, 5.41) is 17.8. The predicted molar refractivity (Wildman–Crippen MR) is 204 cm³/mol. The van der Waals surface area contributed by atoms with Crippen LogP contribution in [-0.4, -0.2) is 55.2 Å². The lowest BCUT2D eigenvalue weighted by atomic mass is 9.96. The van der Waals surface area contributed by atoms with E-state index in [0.717, 1.165) is 41.0 Å². The number of nitrogens with zero attached hydrogens (tertiary/aromatic N) is 7. The Labute approximate surface area is 322 Å². The Morgan fingerprint density at radius 2 is 1.07 bits per heavy atom. The van der Waals surface area contributed by atoms with E-state index in [2.05, 4.69) is 20.6 Å². The average molecular weight is 757 g/mol. The van der Waals surface area contributed by atoms with Gasteiger partial charge in [0.15, 0.2) is 34.6 Å². The molecule has 0 bridgehead atoms. The first-order chi connectivity index (χ1) is 27.4. The van der Waals surface area contributed by atoms with Crippen molar-refractivity contribution in [1.82, 2.24) is 30.0 Å². The van der Waals surface area contributed by atoms with Crippen LogP contribution in [0.3, 0.4) is 0 Å². The van der Waals surface area contributed by atoms with Gasteiger partial charge in [0, 0.05) is 24.1 Å². The summed E-state index contributed by atoms with van der Waals surface area (Å²) in [4.78, 5) is 0. The molecule has 5 aromatic carbocycles. The molecule has 0 radical (unpaired) electrons. The third kappa shape index (κ3) is 8.08. The summed E-state index contributed by atoms with van der Waals surface area (Å²) >= 11 is 0. The second kappa shape index (κ2) is 16.0. The zero-order chi connectivity index (χ0) is 38.5. The fourth-order valence-corrected chi connectivity index (χ4v) is 7.12. The fraction of sp³-hybridized carbons (Fsp3) is 0.209. The third-order valence-corrected chi connectivity index (χ3v) is 9.98. The maximum Gasteiger partial charge on any atom is 0.167 e. The number of fused-ring (bicyclic) bond motifs is 1. The molecule has 1 aliphatic heterocycles. The van der Waals surface area contributed by atoms with E-state index in [-0.39, 0.29) is 24.7 Å². The number of benzene rings is 5. The summed E-state index contributed by atoms with van der Waals surface area (Å²) in [6, 6.07) is 32.8. The van der Waals surface area contributed by atoms with Crippen molar-refractivity contribution < 1.29 is 32.2 Å². The molecular formula is C43H40F2N7O4+. The van der Waals surface area contributed by atoms with Crippen molar-refractivity contribution in [3.63, 3.8) is 0 Å². The first kappa shape index (κ1) is 36.4. The minimum Gasteiger partial charge on any atom is -0.493 e. The highest BCUT2D eigenvalue weighted by Gasteiger charge is 2.36. The highest BCUT2D eigenvalue weighted by molar-refractivity contribution is 5.48. The third-order valence-electron chi connectivity index (χ3n) is 9.98. The summed E-state index contributed by atoms with van der Waals surface area (Å²) in [6.07, 6.45) is 4.41. The van der Waals surface area contributed by atoms with Crippen molar-refractivity contribution >= 4 is 0 Å². The molecule has 0 amide bonds. The van der Waals surface area contributed by atoms with Crippen LogP contribution < -0.4 is 18.9 Å². The van der Waals surface area contributed by atoms with E-state index in [1.165, 1.54) is 17.7 Å². The van der Waals surface area contributed by atoms with Crippen LogP contribution in [0.15, 0.2) is 122 Å². The first-order valence-electron chi connectivity index (χ1n) is 18.2. The number of aromatic nitrogens is 6. The van der Waals surface area contributed by atoms with Crippen molar-refractivity contribution in [3.8, 4) is 34.4 Å². The highest BCUT2D eigenvalue weighted by atomic mass is 19.1. The number of hydrogen-bond donors (Lipinski definition) is 0. The van der Waals surface area contributed by atoms with Crippen LogP contribution in [0.1, 0.15) is 33.6 Å². The molecule has 284 valence electrons. The lowest BCUT2D eigenvalue weighted by Crippen LogP contribution is -2.49. The Morgan fingerprint density at radius 1 is 0.589 bits per heavy atom. The Kier molecular flexibility index (Phi) is 10.4. The quantitative estimate of drug-likeness (QED) is 0.105. The van der Waals surface area contributed by atoms with Gasteiger partial charge in [-0.15, -0.1) is 10.2 Å². The number of quaternary nitrogens is 1. The average Bonchev–Trinajstić information content (AvgIpc) is 3.90. The molecule has 11 nitrogen and oxygen atoms in total. The molecule has 13 heteroatoms. The fourth-order valence-electron chi connectivity index (χ4n) is 7.12. The molecule has 7 aromatic rings. The van der Waals surface area contributed by atoms with E-state index in [9.17, 15) is 0 Å². The Bertz CT molecular complexity index is 2310. The minimum absolute atomic E-state index is 0.157. The van der Waals surface area contributed by atoms with Gasteiger partial charge < -0.3 is 23.4 Å². The molecule has 2 aromatic heterocycles. The van der Waals surface area contributed by atoms with Gasteiger partial charge in [-0.05, 0) is 53.1 Å². The summed E-state index contributed by atoms with van der Waals surface area (Å²) in [5.41, 5.74) is 6.68. The molecule has 0 fully saturated rings.